The van der Waals surface area contributed by atoms with Crippen LogP contribution in [0.2, 0.25) is 0 Å². The number of piperidine rings is 1. The molecule has 2 aliphatic rings. The molecule has 1 aliphatic heterocycles. The van der Waals surface area contributed by atoms with Gasteiger partial charge in [0.1, 0.15) is 0 Å². The number of aromatic nitrogens is 2. The molecule has 0 atom stereocenters. The third-order valence-corrected chi connectivity index (χ3v) is 5.45. The molecule has 110 valence electrons. The van der Waals surface area contributed by atoms with E-state index in [0.717, 1.165) is 25.0 Å². The maximum atomic E-state index is 4.56. The highest BCUT2D eigenvalue weighted by molar-refractivity contribution is 5.31. The average molecular weight is 273 g/mol. The summed E-state index contributed by atoms with van der Waals surface area (Å²) in [7, 11) is 0. The largest absolute Gasteiger partial charge is 0.341 e. The third-order valence-electron chi connectivity index (χ3n) is 5.45. The molecule has 1 aromatic rings. The van der Waals surface area contributed by atoms with Gasteiger partial charge in [-0.1, -0.05) is 27.2 Å². The zero-order valence-corrected chi connectivity index (χ0v) is 13.1. The fourth-order valence-electron chi connectivity index (χ4n) is 3.84. The van der Waals surface area contributed by atoms with Crippen molar-refractivity contribution in [2.75, 3.05) is 18.0 Å². The van der Waals surface area contributed by atoms with Crippen molar-refractivity contribution >= 4 is 5.95 Å². The standard InChI is InChI=1S/C17H27N3/c1-4-14-9-17(10-14)5-7-20(8-6-17)16-18-11-15(12-19-16)13(2)3/h11-14H,4-10H2,1-3H3. The first kappa shape index (κ1) is 13.8. The number of nitrogens with zero attached hydrogens (tertiary/aromatic N) is 3. The monoisotopic (exact) mass is 273 g/mol. The fourth-order valence-corrected chi connectivity index (χ4v) is 3.84. The summed E-state index contributed by atoms with van der Waals surface area (Å²) in [5, 5.41) is 0. The van der Waals surface area contributed by atoms with E-state index in [4.69, 9.17) is 0 Å². The van der Waals surface area contributed by atoms with Crippen LogP contribution in [-0.2, 0) is 0 Å². The van der Waals surface area contributed by atoms with Crippen molar-refractivity contribution in [2.24, 2.45) is 11.3 Å². The van der Waals surface area contributed by atoms with Gasteiger partial charge in [-0.3, -0.25) is 0 Å². The maximum Gasteiger partial charge on any atom is 0.225 e. The van der Waals surface area contributed by atoms with Crippen molar-refractivity contribution in [2.45, 2.75) is 58.8 Å². The molecular formula is C17H27N3. The zero-order chi connectivity index (χ0) is 14.2. The van der Waals surface area contributed by atoms with E-state index in [1.807, 2.05) is 12.4 Å². The van der Waals surface area contributed by atoms with Gasteiger partial charge < -0.3 is 4.90 Å². The van der Waals surface area contributed by atoms with E-state index < -0.39 is 0 Å². The fraction of sp³-hybridized carbons (Fsp3) is 0.765. The number of anilines is 1. The van der Waals surface area contributed by atoms with Crippen molar-refractivity contribution in [3.63, 3.8) is 0 Å². The van der Waals surface area contributed by atoms with Crippen LogP contribution in [0.25, 0.3) is 0 Å². The molecule has 2 heterocycles. The molecule has 1 saturated carbocycles. The van der Waals surface area contributed by atoms with Crippen molar-refractivity contribution in [3.8, 4) is 0 Å². The highest BCUT2D eigenvalue weighted by Crippen LogP contribution is 2.53. The van der Waals surface area contributed by atoms with Crippen LogP contribution in [0, 0.1) is 11.3 Å². The summed E-state index contributed by atoms with van der Waals surface area (Å²) in [4.78, 5) is 11.5. The Morgan fingerprint density at radius 1 is 1.20 bits per heavy atom. The predicted octanol–water partition coefficient (Wildman–Crippen LogP) is 4.01. The minimum Gasteiger partial charge on any atom is -0.341 e. The van der Waals surface area contributed by atoms with Crippen molar-refractivity contribution in [1.82, 2.24) is 9.97 Å². The van der Waals surface area contributed by atoms with Gasteiger partial charge in [0, 0.05) is 25.5 Å². The number of rotatable bonds is 3. The van der Waals surface area contributed by atoms with E-state index in [9.17, 15) is 0 Å². The third kappa shape index (κ3) is 2.55. The molecule has 1 saturated heterocycles. The first-order valence-electron chi connectivity index (χ1n) is 8.19. The van der Waals surface area contributed by atoms with Crippen molar-refractivity contribution < 1.29 is 0 Å². The lowest BCUT2D eigenvalue weighted by molar-refractivity contribution is 0.0259. The second kappa shape index (κ2) is 5.34. The van der Waals surface area contributed by atoms with Crippen LogP contribution in [0.5, 0.6) is 0 Å². The lowest BCUT2D eigenvalue weighted by Gasteiger charge is -2.52. The van der Waals surface area contributed by atoms with E-state index in [0.29, 0.717) is 11.3 Å². The minimum atomic E-state index is 0.509. The van der Waals surface area contributed by atoms with E-state index in [1.165, 1.54) is 37.7 Å². The molecule has 0 N–H and O–H groups in total. The molecule has 1 aromatic heterocycles. The van der Waals surface area contributed by atoms with E-state index in [-0.39, 0.29) is 0 Å². The van der Waals surface area contributed by atoms with Gasteiger partial charge in [0.05, 0.1) is 0 Å². The molecule has 3 rings (SSSR count). The topological polar surface area (TPSA) is 29.0 Å². The summed E-state index contributed by atoms with van der Waals surface area (Å²) in [5.41, 5.74) is 1.90. The first-order valence-corrected chi connectivity index (χ1v) is 8.19. The minimum absolute atomic E-state index is 0.509. The molecule has 0 aromatic carbocycles. The van der Waals surface area contributed by atoms with Gasteiger partial charge in [-0.25, -0.2) is 9.97 Å². The van der Waals surface area contributed by atoms with Gasteiger partial charge in [-0.05, 0) is 48.5 Å². The van der Waals surface area contributed by atoms with Gasteiger partial charge in [0.25, 0.3) is 0 Å². The van der Waals surface area contributed by atoms with Gasteiger partial charge in [-0.2, -0.15) is 0 Å². The van der Waals surface area contributed by atoms with Crippen molar-refractivity contribution in [3.05, 3.63) is 18.0 Å². The van der Waals surface area contributed by atoms with Crippen LogP contribution in [-0.4, -0.2) is 23.1 Å². The van der Waals surface area contributed by atoms with Crippen LogP contribution >= 0.6 is 0 Å². The molecule has 3 nitrogen and oxygen atoms in total. The Hall–Kier alpha value is -1.12. The molecule has 0 amide bonds. The highest BCUT2D eigenvalue weighted by Gasteiger charge is 2.44. The predicted molar refractivity (Wildman–Crippen MR) is 83.0 cm³/mol. The summed E-state index contributed by atoms with van der Waals surface area (Å²) >= 11 is 0. The lowest BCUT2D eigenvalue weighted by atomic mass is 9.57. The quantitative estimate of drug-likeness (QED) is 0.833. The summed E-state index contributed by atoms with van der Waals surface area (Å²) in [6.45, 7) is 8.97. The molecule has 0 unspecified atom stereocenters. The molecule has 1 spiro atoms. The van der Waals surface area contributed by atoms with Crippen LogP contribution < -0.4 is 4.90 Å². The van der Waals surface area contributed by atoms with Gasteiger partial charge >= 0.3 is 0 Å². The molecule has 0 radical (unpaired) electrons. The van der Waals surface area contributed by atoms with Crippen LogP contribution in [0.15, 0.2) is 12.4 Å². The number of hydrogen-bond acceptors (Lipinski definition) is 3. The molecular weight excluding hydrogens is 246 g/mol. The van der Waals surface area contributed by atoms with Crippen LogP contribution in [0.1, 0.15) is 64.4 Å². The average Bonchev–Trinajstić information content (AvgIpc) is 2.45. The zero-order valence-electron chi connectivity index (χ0n) is 13.1. The Kier molecular flexibility index (Phi) is 3.70. The summed E-state index contributed by atoms with van der Waals surface area (Å²) in [6, 6.07) is 0. The van der Waals surface area contributed by atoms with E-state index >= 15 is 0 Å². The molecule has 0 bridgehead atoms. The molecule has 20 heavy (non-hydrogen) atoms. The number of hydrogen-bond donors (Lipinski definition) is 0. The van der Waals surface area contributed by atoms with Gasteiger partial charge in [-0.15, -0.1) is 0 Å². The lowest BCUT2D eigenvalue weighted by Crippen LogP contribution is -2.47. The van der Waals surface area contributed by atoms with Gasteiger partial charge in [0.15, 0.2) is 0 Å². The smallest absolute Gasteiger partial charge is 0.225 e. The first-order chi connectivity index (χ1) is 9.62. The summed E-state index contributed by atoms with van der Waals surface area (Å²) in [5.74, 6) is 2.44. The van der Waals surface area contributed by atoms with Crippen LogP contribution in [0.4, 0.5) is 5.95 Å². The molecule has 1 aliphatic carbocycles. The second-order valence-electron chi connectivity index (χ2n) is 7.14. The van der Waals surface area contributed by atoms with Gasteiger partial charge in [0.2, 0.25) is 5.95 Å². The van der Waals surface area contributed by atoms with Crippen molar-refractivity contribution in [1.29, 1.82) is 0 Å². The Morgan fingerprint density at radius 2 is 1.80 bits per heavy atom. The summed E-state index contributed by atoms with van der Waals surface area (Å²) in [6.07, 6.45) is 10.9. The normalized spacial score (nSPS) is 22.3. The SMILES string of the molecule is CCC1CC2(CCN(c3ncc(C(C)C)cn3)CC2)C1. The Balaban J connectivity index is 1.58. The van der Waals surface area contributed by atoms with E-state index in [2.05, 4.69) is 35.6 Å². The Labute approximate surface area is 122 Å². The highest BCUT2D eigenvalue weighted by atomic mass is 15.2. The molecule has 2 fully saturated rings. The Morgan fingerprint density at radius 3 is 2.30 bits per heavy atom. The Bertz CT molecular complexity index is 436. The maximum absolute atomic E-state index is 4.56. The molecule has 3 heteroatoms. The van der Waals surface area contributed by atoms with E-state index in [1.54, 1.807) is 0 Å². The second-order valence-corrected chi connectivity index (χ2v) is 7.14. The summed E-state index contributed by atoms with van der Waals surface area (Å²) < 4.78 is 0. The van der Waals surface area contributed by atoms with Crippen LogP contribution in [0.3, 0.4) is 0 Å².